The summed E-state index contributed by atoms with van der Waals surface area (Å²) in [4.78, 5) is 4.62. The van der Waals surface area contributed by atoms with Gasteiger partial charge in [-0.3, -0.25) is 0 Å². The fourth-order valence-corrected chi connectivity index (χ4v) is 2.35. The number of aryl methyl sites for hydroxylation is 1. The molecule has 7 nitrogen and oxygen atoms in total. The van der Waals surface area contributed by atoms with E-state index in [2.05, 4.69) is 51.8 Å². The summed E-state index contributed by atoms with van der Waals surface area (Å²) >= 11 is 0. The van der Waals surface area contributed by atoms with Crippen molar-refractivity contribution in [2.24, 2.45) is 4.99 Å². The predicted molar refractivity (Wildman–Crippen MR) is 99.8 cm³/mol. The fourth-order valence-electron chi connectivity index (χ4n) is 2.35. The summed E-state index contributed by atoms with van der Waals surface area (Å²) in [6.45, 7) is 7.25. The van der Waals surface area contributed by atoms with Gasteiger partial charge < -0.3 is 19.9 Å². The minimum absolute atomic E-state index is 0.509. The lowest BCUT2D eigenvalue weighted by atomic mass is 10.1. The molecule has 2 aromatic rings. The third kappa shape index (κ3) is 6.10. The molecule has 0 fully saturated rings. The van der Waals surface area contributed by atoms with E-state index in [-0.39, 0.29) is 0 Å². The molecule has 1 aromatic heterocycles. The van der Waals surface area contributed by atoms with Crippen LogP contribution in [0.25, 0.3) is 0 Å². The molecule has 1 aromatic carbocycles. The molecule has 0 saturated heterocycles. The topological polar surface area (TPSA) is 76.4 Å². The molecule has 1 heterocycles. The molecule has 0 aliphatic rings. The molecule has 0 spiro atoms. The summed E-state index contributed by atoms with van der Waals surface area (Å²) in [6.07, 6.45) is 3.70. The van der Waals surface area contributed by atoms with E-state index in [0.717, 1.165) is 50.0 Å². The van der Waals surface area contributed by atoms with Crippen molar-refractivity contribution in [1.29, 1.82) is 0 Å². The molecule has 136 valence electrons. The molecule has 25 heavy (non-hydrogen) atoms. The zero-order chi connectivity index (χ0) is 17.9. The van der Waals surface area contributed by atoms with Crippen LogP contribution in [0.2, 0.25) is 0 Å². The van der Waals surface area contributed by atoms with Crippen LogP contribution in [0.5, 0.6) is 5.75 Å². The Bertz CT molecular complexity index is 650. The van der Waals surface area contributed by atoms with Crippen molar-refractivity contribution >= 4 is 5.96 Å². The van der Waals surface area contributed by atoms with Crippen LogP contribution in [0.1, 0.15) is 31.7 Å². The van der Waals surface area contributed by atoms with Crippen LogP contribution >= 0.6 is 0 Å². The van der Waals surface area contributed by atoms with Gasteiger partial charge in [0.15, 0.2) is 11.8 Å². The normalized spacial score (nSPS) is 11.4. The number of rotatable bonds is 9. The second-order valence-electron chi connectivity index (χ2n) is 5.65. The standard InChI is InChI=1S/C18H28N6O/c1-4-11-19-18(21-13-17-23-22-14-24(17)5-2)20-12-10-15-6-8-16(25-3)9-7-15/h6-9,14H,4-5,10-13H2,1-3H3,(H2,19,20,21). The Hall–Kier alpha value is -2.57. The maximum atomic E-state index is 5.18. The van der Waals surface area contributed by atoms with E-state index in [9.17, 15) is 0 Å². The average Bonchev–Trinajstić information content (AvgIpc) is 3.11. The van der Waals surface area contributed by atoms with Crippen molar-refractivity contribution in [2.75, 3.05) is 20.2 Å². The Morgan fingerprint density at radius 2 is 1.92 bits per heavy atom. The van der Waals surface area contributed by atoms with E-state index >= 15 is 0 Å². The maximum absolute atomic E-state index is 5.18. The van der Waals surface area contributed by atoms with Crippen molar-refractivity contribution in [3.8, 4) is 5.75 Å². The lowest BCUT2D eigenvalue weighted by molar-refractivity contribution is 0.414. The molecular formula is C18H28N6O. The van der Waals surface area contributed by atoms with E-state index < -0.39 is 0 Å². The maximum Gasteiger partial charge on any atom is 0.191 e. The summed E-state index contributed by atoms with van der Waals surface area (Å²) in [7, 11) is 1.68. The molecule has 0 amide bonds. The summed E-state index contributed by atoms with van der Waals surface area (Å²) in [5.41, 5.74) is 1.26. The number of benzene rings is 1. The first-order valence-corrected chi connectivity index (χ1v) is 8.78. The molecule has 0 aliphatic heterocycles. The zero-order valence-electron chi connectivity index (χ0n) is 15.3. The predicted octanol–water partition coefficient (Wildman–Crippen LogP) is 1.99. The highest BCUT2D eigenvalue weighted by Crippen LogP contribution is 2.11. The van der Waals surface area contributed by atoms with E-state index in [1.165, 1.54) is 5.56 Å². The molecule has 0 radical (unpaired) electrons. The number of ether oxygens (including phenoxy) is 1. The Morgan fingerprint density at radius 1 is 1.16 bits per heavy atom. The summed E-state index contributed by atoms with van der Waals surface area (Å²) in [5.74, 6) is 2.56. The smallest absolute Gasteiger partial charge is 0.191 e. The number of nitrogens with one attached hydrogen (secondary N) is 2. The summed E-state index contributed by atoms with van der Waals surface area (Å²) in [5, 5.41) is 14.8. The number of methoxy groups -OCH3 is 1. The number of aromatic nitrogens is 3. The fraction of sp³-hybridized carbons (Fsp3) is 0.500. The third-order valence-electron chi connectivity index (χ3n) is 3.82. The lowest BCUT2D eigenvalue weighted by Gasteiger charge is -2.12. The van der Waals surface area contributed by atoms with E-state index in [0.29, 0.717) is 6.54 Å². The first kappa shape index (κ1) is 18.8. The van der Waals surface area contributed by atoms with Crippen LogP contribution in [0, 0.1) is 0 Å². The Kier molecular flexibility index (Phi) is 7.75. The molecule has 7 heteroatoms. The number of aliphatic imine (C=N–C) groups is 1. The zero-order valence-corrected chi connectivity index (χ0v) is 15.3. The van der Waals surface area contributed by atoms with Crippen LogP contribution in [0.4, 0.5) is 0 Å². The Balaban J connectivity index is 1.88. The van der Waals surface area contributed by atoms with E-state index in [1.54, 1.807) is 13.4 Å². The number of guanidine groups is 1. The van der Waals surface area contributed by atoms with E-state index in [4.69, 9.17) is 4.74 Å². The van der Waals surface area contributed by atoms with Crippen molar-refractivity contribution < 1.29 is 4.74 Å². The van der Waals surface area contributed by atoms with Gasteiger partial charge in [-0.05, 0) is 37.5 Å². The van der Waals surface area contributed by atoms with Gasteiger partial charge in [0.2, 0.25) is 0 Å². The van der Waals surface area contributed by atoms with Crippen LogP contribution in [0.3, 0.4) is 0 Å². The molecular weight excluding hydrogens is 316 g/mol. The highest BCUT2D eigenvalue weighted by atomic mass is 16.5. The van der Waals surface area contributed by atoms with Crippen molar-refractivity contribution in [3.63, 3.8) is 0 Å². The highest BCUT2D eigenvalue weighted by molar-refractivity contribution is 5.79. The number of hydrogen-bond donors (Lipinski definition) is 2. The number of nitrogens with zero attached hydrogens (tertiary/aromatic N) is 4. The van der Waals surface area contributed by atoms with Crippen molar-refractivity contribution in [2.45, 2.75) is 39.8 Å². The molecule has 0 saturated carbocycles. The van der Waals surface area contributed by atoms with Crippen LogP contribution in [-0.4, -0.2) is 40.9 Å². The van der Waals surface area contributed by atoms with Crippen LogP contribution in [0.15, 0.2) is 35.6 Å². The van der Waals surface area contributed by atoms with Gasteiger partial charge in [0.05, 0.1) is 7.11 Å². The minimum Gasteiger partial charge on any atom is -0.497 e. The van der Waals surface area contributed by atoms with Gasteiger partial charge in [-0.15, -0.1) is 10.2 Å². The highest BCUT2D eigenvalue weighted by Gasteiger charge is 2.03. The lowest BCUT2D eigenvalue weighted by Crippen LogP contribution is -2.38. The van der Waals surface area contributed by atoms with Gasteiger partial charge in [-0.1, -0.05) is 19.1 Å². The second-order valence-corrected chi connectivity index (χ2v) is 5.65. The minimum atomic E-state index is 0.509. The largest absolute Gasteiger partial charge is 0.497 e. The van der Waals surface area contributed by atoms with Gasteiger partial charge in [-0.25, -0.2) is 4.99 Å². The van der Waals surface area contributed by atoms with Gasteiger partial charge in [-0.2, -0.15) is 0 Å². The van der Waals surface area contributed by atoms with Gasteiger partial charge in [0.1, 0.15) is 18.6 Å². The van der Waals surface area contributed by atoms with Gasteiger partial charge in [0.25, 0.3) is 0 Å². The second kappa shape index (κ2) is 10.3. The number of hydrogen-bond acceptors (Lipinski definition) is 4. The third-order valence-corrected chi connectivity index (χ3v) is 3.82. The van der Waals surface area contributed by atoms with Gasteiger partial charge >= 0.3 is 0 Å². The first-order chi connectivity index (χ1) is 12.3. The SMILES string of the molecule is CCCNC(=NCc1nncn1CC)NCCc1ccc(OC)cc1. The van der Waals surface area contributed by atoms with Crippen LogP contribution < -0.4 is 15.4 Å². The molecule has 0 aliphatic carbocycles. The Morgan fingerprint density at radius 3 is 2.60 bits per heavy atom. The molecule has 2 N–H and O–H groups in total. The summed E-state index contributed by atoms with van der Waals surface area (Å²) in [6, 6.07) is 8.13. The van der Waals surface area contributed by atoms with Crippen LogP contribution in [-0.2, 0) is 19.5 Å². The molecule has 0 unspecified atom stereocenters. The monoisotopic (exact) mass is 344 g/mol. The summed E-state index contributed by atoms with van der Waals surface area (Å²) < 4.78 is 7.18. The van der Waals surface area contributed by atoms with E-state index in [1.807, 2.05) is 16.7 Å². The molecule has 2 rings (SSSR count). The Labute approximate surface area is 149 Å². The average molecular weight is 344 g/mol. The van der Waals surface area contributed by atoms with Gasteiger partial charge in [0, 0.05) is 19.6 Å². The van der Waals surface area contributed by atoms with Crippen molar-refractivity contribution in [3.05, 3.63) is 42.0 Å². The quantitative estimate of drug-likeness (QED) is 0.537. The molecule has 0 bridgehead atoms. The molecule has 0 atom stereocenters. The van der Waals surface area contributed by atoms with Crippen molar-refractivity contribution in [1.82, 2.24) is 25.4 Å². The first-order valence-electron chi connectivity index (χ1n) is 8.78.